The molecule has 0 spiro atoms. The van der Waals surface area contributed by atoms with Crippen LogP contribution in [-0.4, -0.2) is 23.5 Å². The highest BCUT2D eigenvalue weighted by Gasteiger charge is 2.30. The summed E-state index contributed by atoms with van der Waals surface area (Å²) in [6, 6.07) is 0. The quantitative estimate of drug-likeness (QED) is 0.580. The van der Waals surface area contributed by atoms with Crippen LogP contribution >= 0.6 is 0 Å². The van der Waals surface area contributed by atoms with Crippen LogP contribution in [0.2, 0.25) is 0 Å². The number of nitrogens with zero attached hydrogens (tertiary/aromatic N) is 1. The molecule has 0 unspecified atom stereocenters. The molecule has 1 heteroatoms. The van der Waals surface area contributed by atoms with Crippen molar-refractivity contribution in [2.24, 2.45) is 11.3 Å². The van der Waals surface area contributed by atoms with Gasteiger partial charge in [-0.1, -0.05) is 41.5 Å². The molecule has 0 amide bonds. The highest BCUT2D eigenvalue weighted by atomic mass is 15.2. The summed E-state index contributed by atoms with van der Waals surface area (Å²) in [4.78, 5) is 2.70. The van der Waals surface area contributed by atoms with E-state index in [0.29, 0.717) is 11.0 Å². The van der Waals surface area contributed by atoms with Crippen molar-refractivity contribution in [2.75, 3.05) is 13.1 Å². The van der Waals surface area contributed by atoms with Crippen molar-refractivity contribution in [3.05, 3.63) is 0 Å². The Morgan fingerprint density at radius 3 is 1.88 bits per heavy atom. The molecule has 0 saturated carbocycles. The smallest absolute Gasteiger partial charge is 0.0155 e. The van der Waals surface area contributed by atoms with E-state index in [4.69, 9.17) is 0 Å². The zero-order valence-electron chi connectivity index (χ0n) is 13.6. The van der Waals surface area contributed by atoms with Gasteiger partial charge in [-0.25, -0.2) is 0 Å². The Morgan fingerprint density at radius 2 is 1.53 bits per heavy atom. The van der Waals surface area contributed by atoms with E-state index in [-0.39, 0.29) is 0 Å². The fraction of sp³-hybridized carbons (Fsp3) is 1.00. The lowest BCUT2D eigenvalue weighted by molar-refractivity contribution is 0.0558. The summed E-state index contributed by atoms with van der Waals surface area (Å²) in [5.74, 6) is 0.772. The van der Waals surface area contributed by atoms with Gasteiger partial charge in [0.25, 0.3) is 0 Å². The topological polar surface area (TPSA) is 3.24 Å². The van der Waals surface area contributed by atoms with E-state index < -0.39 is 0 Å². The maximum absolute atomic E-state index is 2.70. The van der Waals surface area contributed by atoms with Gasteiger partial charge in [-0.3, -0.25) is 4.90 Å². The molecule has 0 aliphatic carbocycles. The van der Waals surface area contributed by atoms with Gasteiger partial charge in [-0.05, 0) is 51.0 Å². The molecule has 0 fully saturated rings. The largest absolute Gasteiger partial charge is 0.298 e. The molecule has 0 aliphatic rings. The van der Waals surface area contributed by atoms with Gasteiger partial charge in [0.05, 0.1) is 0 Å². The Balaban J connectivity index is 4.71. The van der Waals surface area contributed by atoms with Crippen molar-refractivity contribution < 1.29 is 0 Å². The SMILES string of the molecule is CCCN(CC(C)(C)CC)C(C)(C)CC(C)C. The molecular formula is C16H35N. The Hall–Kier alpha value is -0.0400. The van der Waals surface area contributed by atoms with Gasteiger partial charge in [0.2, 0.25) is 0 Å². The minimum absolute atomic E-state index is 0.330. The summed E-state index contributed by atoms with van der Waals surface area (Å²) in [6.45, 7) is 21.3. The molecule has 0 saturated heterocycles. The van der Waals surface area contributed by atoms with Crippen molar-refractivity contribution in [1.29, 1.82) is 0 Å². The normalized spacial score (nSPS) is 13.8. The van der Waals surface area contributed by atoms with Gasteiger partial charge >= 0.3 is 0 Å². The number of hydrogen-bond acceptors (Lipinski definition) is 1. The van der Waals surface area contributed by atoms with Crippen LogP contribution in [0, 0.1) is 11.3 Å². The van der Waals surface area contributed by atoms with E-state index in [9.17, 15) is 0 Å². The molecule has 0 N–H and O–H groups in total. The Morgan fingerprint density at radius 1 is 1.00 bits per heavy atom. The van der Waals surface area contributed by atoms with Gasteiger partial charge in [0.15, 0.2) is 0 Å². The van der Waals surface area contributed by atoms with Crippen molar-refractivity contribution in [3.63, 3.8) is 0 Å². The maximum atomic E-state index is 2.70. The number of rotatable bonds is 8. The van der Waals surface area contributed by atoms with E-state index in [2.05, 4.69) is 60.3 Å². The van der Waals surface area contributed by atoms with Crippen LogP contribution < -0.4 is 0 Å². The van der Waals surface area contributed by atoms with E-state index >= 15 is 0 Å². The monoisotopic (exact) mass is 241 g/mol. The predicted octanol–water partition coefficient (Wildman–Crippen LogP) is 4.96. The summed E-state index contributed by atoms with van der Waals surface area (Å²) in [7, 11) is 0. The zero-order chi connectivity index (χ0) is 13.7. The standard InChI is InChI=1S/C16H35N/c1-9-11-17(13-15(5,6)10-2)16(7,8)12-14(3)4/h14H,9-13H2,1-8H3. The third-order valence-corrected chi connectivity index (χ3v) is 3.83. The molecule has 104 valence electrons. The lowest BCUT2D eigenvalue weighted by atomic mass is 9.85. The molecule has 0 rings (SSSR count). The molecule has 0 aromatic heterocycles. The van der Waals surface area contributed by atoms with Crippen molar-refractivity contribution >= 4 is 0 Å². The third kappa shape index (κ3) is 6.45. The Labute approximate surface area is 110 Å². The van der Waals surface area contributed by atoms with E-state index in [1.807, 2.05) is 0 Å². The molecule has 0 aliphatic heterocycles. The van der Waals surface area contributed by atoms with E-state index in [0.717, 1.165) is 5.92 Å². The summed E-state index contributed by atoms with van der Waals surface area (Å²) in [5.41, 5.74) is 0.764. The molecule has 0 heterocycles. The molecule has 17 heavy (non-hydrogen) atoms. The van der Waals surface area contributed by atoms with Crippen LogP contribution in [-0.2, 0) is 0 Å². The summed E-state index contributed by atoms with van der Waals surface area (Å²) < 4.78 is 0. The molecular weight excluding hydrogens is 206 g/mol. The summed E-state index contributed by atoms with van der Waals surface area (Å²) >= 11 is 0. The van der Waals surface area contributed by atoms with Crippen LogP contribution in [0.4, 0.5) is 0 Å². The van der Waals surface area contributed by atoms with Gasteiger partial charge in [0, 0.05) is 12.1 Å². The van der Waals surface area contributed by atoms with Crippen molar-refractivity contribution in [1.82, 2.24) is 4.90 Å². The van der Waals surface area contributed by atoms with Crippen molar-refractivity contribution in [3.8, 4) is 0 Å². The van der Waals surface area contributed by atoms with E-state index in [1.54, 1.807) is 0 Å². The number of hydrogen-bond donors (Lipinski definition) is 0. The molecule has 0 atom stereocenters. The fourth-order valence-corrected chi connectivity index (χ4v) is 2.62. The van der Waals surface area contributed by atoms with Gasteiger partial charge in [0.1, 0.15) is 0 Å². The summed E-state index contributed by atoms with van der Waals surface area (Å²) in [6.07, 6.45) is 3.79. The van der Waals surface area contributed by atoms with E-state index in [1.165, 1.54) is 32.4 Å². The molecule has 0 radical (unpaired) electrons. The van der Waals surface area contributed by atoms with Crippen LogP contribution in [0.15, 0.2) is 0 Å². The van der Waals surface area contributed by atoms with Gasteiger partial charge in [-0.2, -0.15) is 0 Å². The lowest BCUT2D eigenvalue weighted by Gasteiger charge is -2.44. The second kappa shape index (κ2) is 6.78. The Kier molecular flexibility index (Phi) is 6.76. The Bertz CT molecular complexity index is 204. The van der Waals surface area contributed by atoms with Gasteiger partial charge < -0.3 is 0 Å². The van der Waals surface area contributed by atoms with Gasteiger partial charge in [-0.15, -0.1) is 0 Å². The lowest BCUT2D eigenvalue weighted by Crippen LogP contribution is -2.49. The van der Waals surface area contributed by atoms with Crippen LogP contribution in [0.1, 0.15) is 74.7 Å². The van der Waals surface area contributed by atoms with Crippen LogP contribution in [0.5, 0.6) is 0 Å². The maximum Gasteiger partial charge on any atom is 0.0155 e. The fourth-order valence-electron chi connectivity index (χ4n) is 2.62. The average Bonchev–Trinajstić information content (AvgIpc) is 2.15. The zero-order valence-corrected chi connectivity index (χ0v) is 13.6. The van der Waals surface area contributed by atoms with Crippen molar-refractivity contribution in [2.45, 2.75) is 80.2 Å². The first-order chi connectivity index (χ1) is 7.64. The molecule has 0 aromatic carbocycles. The molecule has 0 aromatic rings. The second-order valence-corrected chi connectivity index (χ2v) is 7.35. The average molecular weight is 241 g/mol. The molecule has 1 nitrogen and oxygen atoms in total. The van der Waals surface area contributed by atoms with Crippen LogP contribution in [0.3, 0.4) is 0 Å². The van der Waals surface area contributed by atoms with Crippen LogP contribution in [0.25, 0.3) is 0 Å². The highest BCUT2D eigenvalue weighted by molar-refractivity contribution is 4.86. The first-order valence-corrected chi connectivity index (χ1v) is 7.39. The second-order valence-electron chi connectivity index (χ2n) is 7.35. The third-order valence-electron chi connectivity index (χ3n) is 3.83. The minimum Gasteiger partial charge on any atom is -0.298 e. The minimum atomic E-state index is 0.330. The summed E-state index contributed by atoms with van der Waals surface area (Å²) in [5, 5.41) is 0. The molecule has 0 bridgehead atoms. The predicted molar refractivity (Wildman–Crippen MR) is 79.5 cm³/mol. The first kappa shape index (κ1) is 17.0. The first-order valence-electron chi connectivity index (χ1n) is 7.39. The highest BCUT2D eigenvalue weighted by Crippen LogP contribution is 2.29.